The monoisotopic (exact) mass is 290 g/mol. The SMILES string of the molecule is O=S(=O)(NCCN1CCCC1)c1ccc(CO)s1. The zero-order valence-corrected chi connectivity index (χ0v) is 11.8. The number of nitrogens with one attached hydrogen (secondary N) is 1. The van der Waals surface area contributed by atoms with Gasteiger partial charge in [0.1, 0.15) is 4.21 Å². The summed E-state index contributed by atoms with van der Waals surface area (Å²) in [6.45, 7) is 3.21. The second-order valence-corrected chi connectivity index (χ2v) is 7.49. The van der Waals surface area contributed by atoms with Crippen LogP contribution in [0.4, 0.5) is 0 Å². The van der Waals surface area contributed by atoms with Crippen LogP contribution in [0.25, 0.3) is 0 Å². The maximum Gasteiger partial charge on any atom is 0.250 e. The molecule has 2 rings (SSSR count). The van der Waals surface area contributed by atoms with Crippen molar-refractivity contribution in [1.82, 2.24) is 9.62 Å². The largest absolute Gasteiger partial charge is 0.391 e. The van der Waals surface area contributed by atoms with Crippen LogP contribution < -0.4 is 4.72 Å². The lowest BCUT2D eigenvalue weighted by molar-refractivity contribution is 0.285. The highest BCUT2D eigenvalue weighted by molar-refractivity contribution is 7.91. The van der Waals surface area contributed by atoms with Gasteiger partial charge in [0.05, 0.1) is 6.61 Å². The first-order valence-corrected chi connectivity index (χ1v) is 8.33. The Hall–Kier alpha value is -0.470. The van der Waals surface area contributed by atoms with Gasteiger partial charge in [-0.05, 0) is 38.1 Å². The minimum Gasteiger partial charge on any atom is -0.391 e. The molecule has 5 nitrogen and oxygen atoms in total. The fourth-order valence-corrected chi connectivity index (χ4v) is 4.28. The summed E-state index contributed by atoms with van der Waals surface area (Å²) in [7, 11) is -3.41. The van der Waals surface area contributed by atoms with Gasteiger partial charge in [0.15, 0.2) is 0 Å². The molecule has 1 aromatic heterocycles. The summed E-state index contributed by atoms with van der Waals surface area (Å²) in [4.78, 5) is 2.92. The molecule has 0 aliphatic carbocycles. The summed E-state index contributed by atoms with van der Waals surface area (Å²) in [6.07, 6.45) is 2.41. The minimum atomic E-state index is -3.41. The lowest BCUT2D eigenvalue weighted by Gasteiger charge is -2.14. The molecule has 0 radical (unpaired) electrons. The van der Waals surface area contributed by atoms with Crippen LogP contribution in [0, 0.1) is 0 Å². The zero-order chi connectivity index (χ0) is 13.0. The molecule has 2 N–H and O–H groups in total. The van der Waals surface area contributed by atoms with Crippen LogP contribution in [0.5, 0.6) is 0 Å². The summed E-state index contributed by atoms with van der Waals surface area (Å²) in [6, 6.07) is 3.17. The second-order valence-electron chi connectivity index (χ2n) is 4.33. The van der Waals surface area contributed by atoms with Crippen LogP contribution in [0.1, 0.15) is 17.7 Å². The maximum absolute atomic E-state index is 11.9. The van der Waals surface area contributed by atoms with Gasteiger partial charge in [0.25, 0.3) is 0 Å². The fraction of sp³-hybridized carbons (Fsp3) is 0.636. The number of hydrogen-bond donors (Lipinski definition) is 2. The van der Waals surface area contributed by atoms with Crippen molar-refractivity contribution in [2.45, 2.75) is 23.7 Å². The average Bonchev–Trinajstić information content (AvgIpc) is 2.99. The number of nitrogens with zero attached hydrogens (tertiary/aromatic N) is 1. The van der Waals surface area contributed by atoms with Gasteiger partial charge in [-0.1, -0.05) is 0 Å². The summed E-state index contributed by atoms with van der Waals surface area (Å²) in [5.41, 5.74) is 0. The van der Waals surface area contributed by atoms with Gasteiger partial charge < -0.3 is 10.0 Å². The Labute approximate surface area is 111 Å². The molecule has 0 amide bonds. The first-order valence-electron chi connectivity index (χ1n) is 6.03. The van der Waals surface area contributed by atoms with E-state index in [1.54, 1.807) is 6.07 Å². The van der Waals surface area contributed by atoms with E-state index < -0.39 is 10.0 Å². The molecule has 7 heteroatoms. The highest BCUT2D eigenvalue weighted by Crippen LogP contribution is 2.21. The van der Waals surface area contributed by atoms with Crippen molar-refractivity contribution >= 4 is 21.4 Å². The van der Waals surface area contributed by atoms with Gasteiger partial charge in [-0.2, -0.15) is 0 Å². The molecule has 0 aromatic carbocycles. The Morgan fingerprint density at radius 3 is 2.67 bits per heavy atom. The average molecular weight is 290 g/mol. The standard InChI is InChI=1S/C11H18N2O3S2/c14-9-10-3-4-11(17-10)18(15,16)12-5-8-13-6-1-2-7-13/h3-4,12,14H,1-2,5-9H2. The number of aliphatic hydroxyl groups is 1. The topological polar surface area (TPSA) is 69.6 Å². The molecule has 1 aliphatic rings. The second kappa shape index (κ2) is 6.12. The molecular formula is C11H18N2O3S2. The smallest absolute Gasteiger partial charge is 0.250 e. The van der Waals surface area contributed by atoms with Gasteiger partial charge >= 0.3 is 0 Å². The molecule has 1 aliphatic heterocycles. The molecule has 1 fully saturated rings. The Morgan fingerprint density at radius 1 is 1.33 bits per heavy atom. The van der Waals surface area contributed by atoms with E-state index in [1.807, 2.05) is 0 Å². The van der Waals surface area contributed by atoms with E-state index in [0.29, 0.717) is 11.4 Å². The van der Waals surface area contributed by atoms with Gasteiger partial charge in [-0.15, -0.1) is 11.3 Å². The van der Waals surface area contributed by atoms with Crippen molar-refractivity contribution in [2.24, 2.45) is 0 Å². The number of likely N-dealkylation sites (tertiary alicyclic amines) is 1. The fourth-order valence-electron chi connectivity index (χ4n) is 2.00. The van der Waals surface area contributed by atoms with Crippen molar-refractivity contribution in [1.29, 1.82) is 0 Å². The Morgan fingerprint density at radius 2 is 2.06 bits per heavy atom. The highest BCUT2D eigenvalue weighted by Gasteiger charge is 2.17. The van der Waals surface area contributed by atoms with Gasteiger partial charge in [-0.3, -0.25) is 0 Å². The van der Waals surface area contributed by atoms with Crippen LogP contribution in [-0.2, 0) is 16.6 Å². The third-order valence-electron chi connectivity index (χ3n) is 2.98. The maximum atomic E-state index is 11.9. The van der Waals surface area contributed by atoms with Crippen molar-refractivity contribution < 1.29 is 13.5 Å². The summed E-state index contributed by atoms with van der Waals surface area (Å²) < 4.78 is 26.7. The molecule has 0 bridgehead atoms. The third-order valence-corrected chi connectivity index (χ3v) is 6.00. The third kappa shape index (κ3) is 3.52. The highest BCUT2D eigenvalue weighted by atomic mass is 32.2. The Bertz CT molecular complexity index is 478. The van der Waals surface area contributed by atoms with Crippen molar-refractivity contribution in [3.63, 3.8) is 0 Å². The van der Waals surface area contributed by atoms with E-state index in [4.69, 9.17) is 5.11 Å². The lowest BCUT2D eigenvalue weighted by atomic mass is 10.4. The van der Waals surface area contributed by atoms with E-state index in [0.717, 1.165) is 31.0 Å². The van der Waals surface area contributed by atoms with Gasteiger partial charge in [0, 0.05) is 18.0 Å². The summed E-state index contributed by atoms with van der Waals surface area (Å²) >= 11 is 1.11. The molecule has 0 atom stereocenters. The minimum absolute atomic E-state index is 0.117. The summed E-state index contributed by atoms with van der Waals surface area (Å²) in [5, 5.41) is 8.92. The molecule has 102 valence electrons. The number of sulfonamides is 1. The molecule has 0 spiro atoms. The van der Waals surface area contributed by atoms with Gasteiger partial charge in [-0.25, -0.2) is 13.1 Å². The van der Waals surface area contributed by atoms with Crippen molar-refractivity contribution in [3.05, 3.63) is 17.0 Å². The molecule has 18 heavy (non-hydrogen) atoms. The number of rotatable bonds is 6. The Balaban J connectivity index is 1.86. The molecular weight excluding hydrogens is 272 g/mol. The van der Waals surface area contributed by atoms with E-state index in [9.17, 15) is 8.42 Å². The van der Waals surface area contributed by atoms with Gasteiger partial charge in [0.2, 0.25) is 10.0 Å². The predicted octanol–water partition coefficient (Wildman–Crippen LogP) is 0.614. The first kappa shape index (κ1) is 14.0. The Kier molecular flexibility index (Phi) is 4.74. The molecule has 0 unspecified atom stereocenters. The lowest BCUT2D eigenvalue weighted by Crippen LogP contribution is -2.33. The van der Waals surface area contributed by atoms with E-state index >= 15 is 0 Å². The van der Waals surface area contributed by atoms with Crippen LogP contribution in [0.2, 0.25) is 0 Å². The van der Waals surface area contributed by atoms with Crippen LogP contribution in [0.15, 0.2) is 16.3 Å². The number of hydrogen-bond acceptors (Lipinski definition) is 5. The zero-order valence-electron chi connectivity index (χ0n) is 10.1. The van der Waals surface area contributed by atoms with Crippen molar-refractivity contribution in [3.8, 4) is 0 Å². The van der Waals surface area contributed by atoms with E-state index in [1.165, 1.54) is 18.9 Å². The van der Waals surface area contributed by atoms with Crippen LogP contribution in [-0.4, -0.2) is 44.6 Å². The molecule has 2 heterocycles. The first-order chi connectivity index (χ1) is 8.62. The summed E-state index contributed by atoms with van der Waals surface area (Å²) in [5.74, 6) is 0. The molecule has 1 saturated heterocycles. The predicted molar refractivity (Wildman–Crippen MR) is 71.1 cm³/mol. The molecule has 1 aromatic rings. The van der Waals surface area contributed by atoms with E-state index in [2.05, 4.69) is 9.62 Å². The van der Waals surface area contributed by atoms with Crippen LogP contribution in [0.3, 0.4) is 0 Å². The van der Waals surface area contributed by atoms with Crippen molar-refractivity contribution in [2.75, 3.05) is 26.2 Å². The van der Waals surface area contributed by atoms with E-state index in [-0.39, 0.29) is 10.8 Å². The molecule has 0 saturated carbocycles. The number of thiophene rings is 1. The quantitative estimate of drug-likeness (QED) is 0.805. The number of aliphatic hydroxyl groups excluding tert-OH is 1. The normalized spacial score (nSPS) is 17.4. The van der Waals surface area contributed by atoms with Crippen LogP contribution >= 0.6 is 11.3 Å².